The molecule has 5 heteroatoms. The third-order valence-corrected chi connectivity index (χ3v) is 3.20. The summed E-state index contributed by atoms with van der Waals surface area (Å²) in [6.07, 6.45) is 1.77. The van der Waals surface area contributed by atoms with E-state index in [2.05, 4.69) is 21.8 Å². The molecule has 2 heterocycles. The van der Waals surface area contributed by atoms with Gasteiger partial charge in [0.15, 0.2) is 0 Å². The van der Waals surface area contributed by atoms with Gasteiger partial charge in [-0.2, -0.15) is 0 Å². The third kappa shape index (κ3) is 2.45. The Hall–Kier alpha value is -0.840. The molecule has 0 amide bonds. The molecule has 88 valence electrons. The average molecular weight is 241 g/mol. The molecular weight excluding hydrogens is 224 g/mol. The van der Waals surface area contributed by atoms with Crippen molar-refractivity contribution in [3.05, 3.63) is 23.0 Å². The van der Waals surface area contributed by atoms with Crippen molar-refractivity contribution in [2.45, 2.75) is 6.54 Å². The summed E-state index contributed by atoms with van der Waals surface area (Å²) in [7, 11) is 2.14. The van der Waals surface area contributed by atoms with E-state index in [0.29, 0.717) is 11.7 Å². The van der Waals surface area contributed by atoms with Crippen molar-refractivity contribution in [2.24, 2.45) is 5.73 Å². The summed E-state index contributed by atoms with van der Waals surface area (Å²) in [6, 6.07) is 1.91. The zero-order chi connectivity index (χ0) is 11.5. The minimum Gasteiger partial charge on any atom is -0.369 e. The van der Waals surface area contributed by atoms with Crippen molar-refractivity contribution in [3.63, 3.8) is 0 Å². The first-order valence-electron chi connectivity index (χ1n) is 5.48. The summed E-state index contributed by atoms with van der Waals surface area (Å²) in [6.45, 7) is 4.69. The molecule has 0 atom stereocenters. The van der Waals surface area contributed by atoms with Gasteiger partial charge in [-0.05, 0) is 13.1 Å². The lowest BCUT2D eigenvalue weighted by atomic mass is 10.2. The second-order valence-corrected chi connectivity index (χ2v) is 4.52. The van der Waals surface area contributed by atoms with Crippen LogP contribution in [0.3, 0.4) is 0 Å². The minimum absolute atomic E-state index is 0.506. The fourth-order valence-electron chi connectivity index (χ4n) is 1.95. The van der Waals surface area contributed by atoms with E-state index in [0.717, 1.165) is 37.4 Å². The predicted octanol–water partition coefficient (Wildman–Crippen LogP) is 0.946. The highest BCUT2D eigenvalue weighted by atomic mass is 35.5. The molecule has 0 aliphatic carbocycles. The van der Waals surface area contributed by atoms with Gasteiger partial charge in [-0.3, -0.25) is 0 Å². The first-order chi connectivity index (χ1) is 7.70. The van der Waals surface area contributed by atoms with Gasteiger partial charge >= 0.3 is 0 Å². The molecule has 0 saturated carbocycles. The van der Waals surface area contributed by atoms with Crippen LogP contribution in [0.2, 0.25) is 5.15 Å². The van der Waals surface area contributed by atoms with Gasteiger partial charge in [0.25, 0.3) is 0 Å². The second kappa shape index (κ2) is 4.99. The van der Waals surface area contributed by atoms with Crippen LogP contribution < -0.4 is 10.6 Å². The molecule has 0 bridgehead atoms. The monoisotopic (exact) mass is 240 g/mol. The predicted molar refractivity (Wildman–Crippen MR) is 66.8 cm³/mol. The van der Waals surface area contributed by atoms with Gasteiger partial charge in [0.1, 0.15) is 5.15 Å². The van der Waals surface area contributed by atoms with Crippen LogP contribution >= 0.6 is 11.6 Å². The number of nitrogens with two attached hydrogens (primary N) is 1. The Balaban J connectivity index is 2.21. The molecule has 0 unspecified atom stereocenters. The van der Waals surface area contributed by atoms with Gasteiger partial charge in [-0.25, -0.2) is 4.98 Å². The Morgan fingerprint density at radius 2 is 2.06 bits per heavy atom. The summed E-state index contributed by atoms with van der Waals surface area (Å²) < 4.78 is 0. The van der Waals surface area contributed by atoms with E-state index in [-0.39, 0.29) is 0 Å². The summed E-state index contributed by atoms with van der Waals surface area (Å²) in [5, 5.41) is 0.533. The van der Waals surface area contributed by atoms with E-state index in [1.165, 1.54) is 0 Å². The van der Waals surface area contributed by atoms with Crippen LogP contribution in [0.25, 0.3) is 0 Å². The summed E-state index contributed by atoms with van der Waals surface area (Å²) >= 11 is 5.93. The van der Waals surface area contributed by atoms with Crippen LogP contribution in [-0.4, -0.2) is 43.1 Å². The van der Waals surface area contributed by atoms with E-state index < -0.39 is 0 Å². The molecule has 4 nitrogen and oxygen atoms in total. The zero-order valence-electron chi connectivity index (χ0n) is 9.49. The Labute approximate surface area is 101 Å². The number of aromatic nitrogens is 1. The van der Waals surface area contributed by atoms with Gasteiger partial charge in [0.05, 0.1) is 0 Å². The smallest absolute Gasteiger partial charge is 0.131 e. The normalized spacial score (nSPS) is 17.8. The molecule has 1 aromatic heterocycles. The number of hydrogen-bond donors (Lipinski definition) is 1. The molecular formula is C11H17ClN4. The molecule has 1 aromatic rings. The maximum absolute atomic E-state index is 5.93. The maximum Gasteiger partial charge on any atom is 0.131 e. The largest absolute Gasteiger partial charge is 0.369 e. The van der Waals surface area contributed by atoms with Crippen molar-refractivity contribution < 1.29 is 0 Å². The zero-order valence-corrected chi connectivity index (χ0v) is 10.2. The van der Waals surface area contributed by atoms with E-state index >= 15 is 0 Å². The lowest BCUT2D eigenvalue weighted by Gasteiger charge is -2.35. The van der Waals surface area contributed by atoms with Crippen molar-refractivity contribution >= 4 is 17.3 Å². The van der Waals surface area contributed by atoms with Crippen molar-refractivity contribution in [1.82, 2.24) is 9.88 Å². The Bertz CT molecular complexity index is 361. The number of halogens is 1. The van der Waals surface area contributed by atoms with Gasteiger partial charge in [0, 0.05) is 50.2 Å². The molecule has 1 aliphatic rings. The summed E-state index contributed by atoms with van der Waals surface area (Å²) in [5.74, 6) is 0. The number of rotatable bonds is 2. The molecule has 2 N–H and O–H groups in total. The summed E-state index contributed by atoms with van der Waals surface area (Å²) in [5.41, 5.74) is 7.91. The standard InChI is InChI=1S/C11H17ClN4/c1-15-2-4-16(5-3-15)10-6-11(12)14-8-9(10)7-13/h6,8H,2-5,7,13H2,1H3. The Morgan fingerprint density at radius 3 is 2.69 bits per heavy atom. The molecule has 1 saturated heterocycles. The third-order valence-electron chi connectivity index (χ3n) is 2.99. The van der Waals surface area contributed by atoms with Crippen LogP contribution in [0.4, 0.5) is 5.69 Å². The minimum atomic E-state index is 0.506. The quantitative estimate of drug-likeness (QED) is 0.782. The fourth-order valence-corrected chi connectivity index (χ4v) is 2.10. The lowest BCUT2D eigenvalue weighted by Crippen LogP contribution is -2.44. The lowest BCUT2D eigenvalue weighted by molar-refractivity contribution is 0.312. The van der Waals surface area contributed by atoms with Crippen LogP contribution in [-0.2, 0) is 6.54 Å². The first kappa shape index (κ1) is 11.6. The molecule has 0 aromatic carbocycles. The van der Waals surface area contributed by atoms with Crippen LogP contribution in [0.1, 0.15) is 5.56 Å². The Kier molecular flexibility index (Phi) is 3.63. The Morgan fingerprint density at radius 1 is 1.38 bits per heavy atom. The van der Waals surface area contributed by atoms with E-state index in [1.54, 1.807) is 6.20 Å². The number of likely N-dealkylation sites (N-methyl/N-ethyl adjacent to an activating group) is 1. The average Bonchev–Trinajstić information content (AvgIpc) is 2.30. The van der Waals surface area contributed by atoms with Gasteiger partial charge < -0.3 is 15.5 Å². The number of hydrogen-bond acceptors (Lipinski definition) is 4. The van der Waals surface area contributed by atoms with Gasteiger partial charge in [-0.15, -0.1) is 0 Å². The van der Waals surface area contributed by atoms with Crippen molar-refractivity contribution in [3.8, 4) is 0 Å². The van der Waals surface area contributed by atoms with E-state index in [1.807, 2.05) is 6.07 Å². The molecule has 1 aliphatic heterocycles. The number of piperazine rings is 1. The van der Waals surface area contributed by atoms with Crippen LogP contribution in [0, 0.1) is 0 Å². The first-order valence-corrected chi connectivity index (χ1v) is 5.86. The van der Waals surface area contributed by atoms with Crippen molar-refractivity contribution in [2.75, 3.05) is 38.1 Å². The summed E-state index contributed by atoms with van der Waals surface area (Å²) in [4.78, 5) is 8.72. The molecule has 16 heavy (non-hydrogen) atoms. The highest BCUT2D eigenvalue weighted by molar-refractivity contribution is 6.29. The van der Waals surface area contributed by atoms with E-state index in [4.69, 9.17) is 17.3 Å². The molecule has 2 rings (SSSR count). The fraction of sp³-hybridized carbons (Fsp3) is 0.545. The highest BCUT2D eigenvalue weighted by Gasteiger charge is 2.17. The van der Waals surface area contributed by atoms with E-state index in [9.17, 15) is 0 Å². The topological polar surface area (TPSA) is 45.4 Å². The molecule has 1 fully saturated rings. The highest BCUT2D eigenvalue weighted by Crippen LogP contribution is 2.23. The number of anilines is 1. The number of nitrogens with zero attached hydrogens (tertiary/aromatic N) is 3. The van der Waals surface area contributed by atoms with Gasteiger partial charge in [0.2, 0.25) is 0 Å². The van der Waals surface area contributed by atoms with Crippen molar-refractivity contribution in [1.29, 1.82) is 0 Å². The number of pyridine rings is 1. The molecule has 0 radical (unpaired) electrons. The van der Waals surface area contributed by atoms with Crippen LogP contribution in [0.5, 0.6) is 0 Å². The van der Waals surface area contributed by atoms with Gasteiger partial charge in [-0.1, -0.05) is 11.6 Å². The second-order valence-electron chi connectivity index (χ2n) is 4.13. The maximum atomic E-state index is 5.93. The van der Waals surface area contributed by atoms with Crippen LogP contribution in [0.15, 0.2) is 12.3 Å². The SMILES string of the molecule is CN1CCN(c2cc(Cl)ncc2CN)CC1. The molecule has 0 spiro atoms.